The molecule has 1 aromatic heterocycles. The maximum absolute atomic E-state index is 13.7. The molecule has 0 fully saturated rings. The zero-order valence-corrected chi connectivity index (χ0v) is 17.8. The van der Waals surface area contributed by atoms with Gasteiger partial charge in [0.25, 0.3) is 5.91 Å². The molecule has 0 bridgehead atoms. The Bertz CT molecular complexity index is 1050. The second kappa shape index (κ2) is 8.41. The van der Waals surface area contributed by atoms with Gasteiger partial charge in [0.2, 0.25) is 0 Å². The third kappa shape index (κ3) is 5.18. The smallest absolute Gasteiger partial charge is 0.365 e. The third-order valence-electron chi connectivity index (χ3n) is 5.12. The molecular weight excluding hydrogens is 432 g/mol. The molecule has 0 unspecified atom stereocenters. The second-order valence-corrected chi connectivity index (χ2v) is 8.31. The van der Waals surface area contributed by atoms with E-state index in [1.54, 1.807) is 17.7 Å². The molecule has 4 N–H and O–H groups in total. The number of benzene rings is 1. The van der Waals surface area contributed by atoms with E-state index in [0.717, 1.165) is 0 Å². The molecule has 3 amide bonds. The number of aromatic nitrogens is 2. The molecule has 0 radical (unpaired) electrons. The van der Waals surface area contributed by atoms with Crippen LogP contribution in [0.5, 0.6) is 0 Å². The number of fused-ring (bicyclic) bond motifs is 1. The van der Waals surface area contributed by atoms with E-state index in [0.29, 0.717) is 16.8 Å². The van der Waals surface area contributed by atoms with Gasteiger partial charge in [0.15, 0.2) is 0 Å². The van der Waals surface area contributed by atoms with E-state index < -0.39 is 36.1 Å². The van der Waals surface area contributed by atoms with Gasteiger partial charge in [-0.25, -0.2) is 14.5 Å². The highest BCUT2D eigenvalue weighted by Crippen LogP contribution is 2.29. The van der Waals surface area contributed by atoms with E-state index in [9.17, 15) is 27.2 Å². The van der Waals surface area contributed by atoms with Gasteiger partial charge in [0, 0.05) is 24.2 Å². The molecule has 0 saturated heterocycles. The van der Waals surface area contributed by atoms with Gasteiger partial charge < -0.3 is 16.0 Å². The lowest BCUT2D eigenvalue weighted by molar-refractivity contribution is -0.159. The largest absolute Gasteiger partial charge is 0.457 e. The molecular formula is C20H24F4N6O2. The van der Waals surface area contributed by atoms with Crippen LogP contribution in [-0.4, -0.2) is 51.5 Å². The minimum absolute atomic E-state index is 0.0138. The van der Waals surface area contributed by atoms with Crippen molar-refractivity contribution in [2.45, 2.75) is 45.7 Å². The van der Waals surface area contributed by atoms with Crippen LogP contribution in [0.1, 0.15) is 35.5 Å². The maximum Gasteiger partial charge on any atom is 0.457 e. The Balaban J connectivity index is 1.83. The van der Waals surface area contributed by atoms with Crippen LogP contribution in [0.2, 0.25) is 0 Å². The van der Waals surface area contributed by atoms with Crippen LogP contribution in [0, 0.1) is 12.7 Å². The van der Waals surface area contributed by atoms with E-state index in [1.807, 2.05) is 0 Å². The Morgan fingerprint density at radius 2 is 1.91 bits per heavy atom. The lowest BCUT2D eigenvalue weighted by Gasteiger charge is -2.33. The molecule has 1 aromatic carbocycles. The normalized spacial score (nSPS) is 14.3. The standard InChI is InChI=1S/C20H24F4N6O2/c1-11-8-12(4-5-13(11)21)16-15(17(25)31)14-9-29(6-7-30(14)28-16)18(32)27-19(2,3)10-26-20(22,23)24/h4-5,8,26H,6-7,9-10H2,1-3H3,(H2,25,31)(H,27,32). The van der Waals surface area contributed by atoms with Crippen molar-refractivity contribution in [1.82, 2.24) is 25.3 Å². The Kier molecular flexibility index (Phi) is 6.18. The fraction of sp³-hybridized carbons (Fsp3) is 0.450. The van der Waals surface area contributed by atoms with Crippen LogP contribution in [0.3, 0.4) is 0 Å². The minimum Gasteiger partial charge on any atom is -0.365 e. The first kappa shape index (κ1) is 23.5. The lowest BCUT2D eigenvalue weighted by atomic mass is 10.0. The molecule has 174 valence electrons. The van der Waals surface area contributed by atoms with Crippen molar-refractivity contribution in [2.75, 3.05) is 13.1 Å². The average molecular weight is 456 g/mol. The summed E-state index contributed by atoms with van der Waals surface area (Å²) in [6.07, 6.45) is -4.56. The van der Waals surface area contributed by atoms with E-state index in [1.165, 1.54) is 36.2 Å². The van der Waals surface area contributed by atoms with Gasteiger partial charge in [-0.2, -0.15) is 18.3 Å². The number of amides is 3. The van der Waals surface area contributed by atoms with Gasteiger partial charge in [0.1, 0.15) is 11.5 Å². The van der Waals surface area contributed by atoms with Gasteiger partial charge in [-0.3, -0.25) is 9.48 Å². The lowest BCUT2D eigenvalue weighted by Crippen LogP contribution is -2.57. The van der Waals surface area contributed by atoms with Crippen LogP contribution in [0.25, 0.3) is 11.3 Å². The molecule has 0 aliphatic carbocycles. The SMILES string of the molecule is Cc1cc(-c2nn3c(c2C(N)=O)CN(C(=O)NC(C)(C)CNC(F)(F)F)CC3)ccc1F. The van der Waals surface area contributed by atoms with Crippen molar-refractivity contribution in [3.05, 3.63) is 40.8 Å². The van der Waals surface area contributed by atoms with Crippen molar-refractivity contribution >= 4 is 11.9 Å². The number of carbonyl (C=O) groups is 2. The van der Waals surface area contributed by atoms with Crippen LogP contribution in [-0.2, 0) is 13.1 Å². The quantitative estimate of drug-likeness (QED) is 0.475. The molecule has 3 rings (SSSR count). The van der Waals surface area contributed by atoms with Crippen LogP contribution in [0.4, 0.5) is 22.4 Å². The van der Waals surface area contributed by atoms with E-state index >= 15 is 0 Å². The topological polar surface area (TPSA) is 105 Å². The number of hydrogen-bond acceptors (Lipinski definition) is 4. The van der Waals surface area contributed by atoms with E-state index in [2.05, 4.69) is 10.4 Å². The molecule has 8 nitrogen and oxygen atoms in total. The van der Waals surface area contributed by atoms with Crippen LogP contribution < -0.4 is 16.4 Å². The number of alkyl halides is 3. The number of nitrogens with two attached hydrogens (primary N) is 1. The fourth-order valence-electron chi connectivity index (χ4n) is 3.48. The number of rotatable bonds is 5. The van der Waals surface area contributed by atoms with Crippen molar-refractivity contribution in [3.63, 3.8) is 0 Å². The summed E-state index contributed by atoms with van der Waals surface area (Å²) in [6.45, 7) is 4.45. The highest BCUT2D eigenvalue weighted by atomic mass is 19.4. The summed E-state index contributed by atoms with van der Waals surface area (Å²) in [5.41, 5.74) is 6.10. The number of halogens is 4. The first-order valence-electron chi connectivity index (χ1n) is 9.82. The number of hydrogen-bond donors (Lipinski definition) is 3. The molecule has 0 saturated carbocycles. The predicted octanol–water partition coefficient (Wildman–Crippen LogP) is 2.51. The van der Waals surface area contributed by atoms with Gasteiger partial charge in [-0.05, 0) is 44.5 Å². The molecule has 1 aliphatic rings. The summed E-state index contributed by atoms with van der Waals surface area (Å²) in [7, 11) is 0. The highest BCUT2D eigenvalue weighted by Gasteiger charge is 2.34. The summed E-state index contributed by atoms with van der Waals surface area (Å²) in [5.74, 6) is -1.15. The fourth-order valence-corrected chi connectivity index (χ4v) is 3.48. The summed E-state index contributed by atoms with van der Waals surface area (Å²) >= 11 is 0. The van der Waals surface area contributed by atoms with Crippen LogP contribution >= 0.6 is 0 Å². The summed E-state index contributed by atoms with van der Waals surface area (Å²) in [4.78, 5) is 26.3. The van der Waals surface area contributed by atoms with Gasteiger partial charge in [-0.1, -0.05) is 0 Å². The highest BCUT2D eigenvalue weighted by molar-refractivity contribution is 6.00. The van der Waals surface area contributed by atoms with Crippen molar-refractivity contribution < 1.29 is 27.2 Å². The average Bonchev–Trinajstić information content (AvgIpc) is 3.06. The summed E-state index contributed by atoms with van der Waals surface area (Å²) in [5, 5.41) is 8.41. The summed E-state index contributed by atoms with van der Waals surface area (Å²) < 4.78 is 52.6. The second-order valence-electron chi connectivity index (χ2n) is 8.31. The number of nitrogens with one attached hydrogen (secondary N) is 2. The predicted molar refractivity (Wildman–Crippen MR) is 108 cm³/mol. The van der Waals surface area contributed by atoms with E-state index in [4.69, 9.17) is 5.73 Å². The zero-order chi connectivity index (χ0) is 23.8. The van der Waals surface area contributed by atoms with Gasteiger partial charge in [-0.15, -0.1) is 0 Å². The molecule has 32 heavy (non-hydrogen) atoms. The Hall–Kier alpha value is -3.15. The van der Waals surface area contributed by atoms with Crippen LogP contribution in [0.15, 0.2) is 18.2 Å². The number of urea groups is 1. The first-order chi connectivity index (χ1) is 14.8. The molecule has 2 aromatic rings. The molecule has 2 heterocycles. The number of carbonyl (C=O) groups excluding carboxylic acids is 2. The number of nitrogens with zero attached hydrogens (tertiary/aromatic N) is 3. The Morgan fingerprint density at radius 3 is 2.50 bits per heavy atom. The van der Waals surface area contributed by atoms with Crippen molar-refractivity contribution in [1.29, 1.82) is 0 Å². The first-order valence-corrected chi connectivity index (χ1v) is 9.82. The van der Waals surface area contributed by atoms with Gasteiger partial charge >= 0.3 is 12.3 Å². The monoisotopic (exact) mass is 456 g/mol. The van der Waals surface area contributed by atoms with Crippen molar-refractivity contribution in [2.24, 2.45) is 5.73 Å². The minimum atomic E-state index is -4.56. The van der Waals surface area contributed by atoms with Gasteiger partial charge in [0.05, 0.1) is 24.3 Å². The molecule has 12 heteroatoms. The Morgan fingerprint density at radius 1 is 1.22 bits per heavy atom. The third-order valence-corrected chi connectivity index (χ3v) is 5.12. The summed E-state index contributed by atoms with van der Waals surface area (Å²) in [6, 6.07) is 3.73. The number of primary amides is 1. The Labute approximate surface area is 181 Å². The number of aryl methyl sites for hydroxylation is 1. The molecule has 0 atom stereocenters. The zero-order valence-electron chi connectivity index (χ0n) is 17.8. The molecule has 1 aliphatic heterocycles. The maximum atomic E-state index is 13.7. The molecule has 0 spiro atoms. The van der Waals surface area contributed by atoms with Crippen molar-refractivity contribution in [3.8, 4) is 11.3 Å². The van der Waals surface area contributed by atoms with E-state index in [-0.39, 0.29) is 30.9 Å².